The van der Waals surface area contributed by atoms with E-state index in [1.807, 2.05) is 0 Å². The number of carbonyl (C=O) groups excluding carboxylic acids is 1. The maximum absolute atomic E-state index is 13.3. The number of amides is 1. The fourth-order valence-electron chi connectivity index (χ4n) is 5.95. The summed E-state index contributed by atoms with van der Waals surface area (Å²) in [5.41, 5.74) is 11.4. The number of anilines is 2. The van der Waals surface area contributed by atoms with Gasteiger partial charge in [-0.1, -0.05) is 35.9 Å². The van der Waals surface area contributed by atoms with Crippen molar-refractivity contribution < 1.29 is 4.79 Å². The number of nitrogens with zero attached hydrogens (tertiary/aromatic N) is 3. The topological polar surface area (TPSA) is 96.7 Å². The molecule has 2 aliphatic rings. The molecule has 2 aromatic carbocycles. The summed E-state index contributed by atoms with van der Waals surface area (Å²) < 4.78 is 1.61. The van der Waals surface area contributed by atoms with Gasteiger partial charge in [0.1, 0.15) is 11.4 Å². The molecule has 3 N–H and O–H groups in total. The molecule has 2 aliphatic carbocycles. The maximum Gasteiger partial charge on any atom is 0.261 e. The van der Waals surface area contributed by atoms with Gasteiger partial charge in [-0.25, -0.2) is 0 Å². The summed E-state index contributed by atoms with van der Waals surface area (Å²) in [5, 5.41) is 17.7. The van der Waals surface area contributed by atoms with Gasteiger partial charge in [-0.3, -0.25) is 9.48 Å². The average molecular weight is 472 g/mol. The number of carbonyl (C=O) groups is 1. The highest BCUT2D eigenvalue weighted by Gasteiger charge is 2.44. The molecule has 0 radical (unpaired) electrons. The van der Waals surface area contributed by atoms with Gasteiger partial charge in [0.25, 0.3) is 5.91 Å². The molecule has 1 amide bonds. The van der Waals surface area contributed by atoms with Crippen LogP contribution in [0.4, 0.5) is 11.5 Å². The quantitative estimate of drug-likeness (QED) is 0.543. The number of fused-ring (bicyclic) bond motifs is 1. The van der Waals surface area contributed by atoms with E-state index < -0.39 is 0 Å². The van der Waals surface area contributed by atoms with E-state index in [9.17, 15) is 10.1 Å². The Bertz CT molecular complexity index is 1280. The summed E-state index contributed by atoms with van der Waals surface area (Å²) in [6.45, 7) is 2.13. The van der Waals surface area contributed by atoms with Crippen molar-refractivity contribution >= 4 is 32.0 Å². The number of aromatic nitrogens is 2. The molecule has 1 aromatic heterocycles. The minimum Gasteiger partial charge on any atom is -0.383 e. The third-order valence-corrected chi connectivity index (χ3v) is 8.23. The third-order valence-electron chi connectivity index (χ3n) is 7.73. The van der Waals surface area contributed by atoms with Crippen LogP contribution in [0.2, 0.25) is 0 Å². The van der Waals surface area contributed by atoms with E-state index in [0.29, 0.717) is 40.4 Å². The molecule has 34 heavy (non-hydrogen) atoms. The Morgan fingerprint density at radius 1 is 1.12 bits per heavy atom. The molecule has 2 saturated carbocycles. The van der Waals surface area contributed by atoms with Gasteiger partial charge in [0.2, 0.25) is 0 Å². The van der Waals surface area contributed by atoms with Crippen molar-refractivity contribution in [2.45, 2.75) is 44.4 Å². The van der Waals surface area contributed by atoms with Crippen LogP contribution < -0.4 is 16.4 Å². The lowest BCUT2D eigenvalue weighted by molar-refractivity contribution is 0.102. The van der Waals surface area contributed by atoms with Crippen LogP contribution in [-0.2, 0) is 7.05 Å². The summed E-state index contributed by atoms with van der Waals surface area (Å²) in [6, 6.07) is 16.4. The van der Waals surface area contributed by atoms with Gasteiger partial charge < -0.3 is 11.1 Å². The van der Waals surface area contributed by atoms with E-state index in [2.05, 4.69) is 51.8 Å². The predicted molar refractivity (Wildman–Crippen MR) is 138 cm³/mol. The minimum absolute atomic E-state index is 0.238. The first kappa shape index (κ1) is 22.6. The fraction of sp³-hybridized carbons (Fsp3) is 0.370. The second-order valence-corrected chi connectivity index (χ2v) is 10.5. The normalized spacial score (nSPS) is 23.5. The first-order valence-electron chi connectivity index (χ1n) is 11.8. The summed E-state index contributed by atoms with van der Waals surface area (Å²) in [6.07, 6.45) is 4.49. The molecule has 0 aliphatic heterocycles. The Morgan fingerprint density at radius 2 is 1.76 bits per heavy atom. The van der Waals surface area contributed by atoms with Gasteiger partial charge in [0.05, 0.1) is 17.3 Å². The van der Waals surface area contributed by atoms with E-state index in [4.69, 9.17) is 10.8 Å². The second kappa shape index (κ2) is 8.89. The van der Waals surface area contributed by atoms with Crippen molar-refractivity contribution in [3.8, 4) is 6.07 Å². The highest BCUT2D eigenvalue weighted by atomic mass is 31.0. The van der Waals surface area contributed by atoms with Crippen molar-refractivity contribution in [3.05, 3.63) is 70.4 Å². The molecule has 174 valence electrons. The standard InChI is InChI=1S/C27H30N5OP/c1-15-3-5-16(6-4-15)17-9-18-11-20(12-19(18)10-17)25-24(26(29)32(2)31-25)27(33)30-22-7-8-23(34)21(13-22)14-28/h3-8,13,17-20H,9-12,29,34H2,1-2H3,(H,30,33). The van der Waals surface area contributed by atoms with E-state index in [1.54, 1.807) is 29.9 Å². The monoisotopic (exact) mass is 471 g/mol. The molecule has 0 saturated heterocycles. The molecule has 3 unspecified atom stereocenters. The van der Waals surface area contributed by atoms with Crippen LogP contribution in [0.5, 0.6) is 0 Å². The zero-order valence-electron chi connectivity index (χ0n) is 19.6. The number of nitriles is 1. The molecule has 3 atom stereocenters. The lowest BCUT2D eigenvalue weighted by Gasteiger charge is -2.15. The lowest BCUT2D eigenvalue weighted by Crippen LogP contribution is -2.17. The highest BCUT2D eigenvalue weighted by Crippen LogP contribution is 2.55. The Labute approximate surface area is 202 Å². The summed E-state index contributed by atoms with van der Waals surface area (Å²) in [7, 11) is 4.32. The van der Waals surface area contributed by atoms with Gasteiger partial charge in [0.15, 0.2) is 0 Å². The van der Waals surface area contributed by atoms with Crippen molar-refractivity contribution in [3.63, 3.8) is 0 Å². The Morgan fingerprint density at radius 3 is 2.41 bits per heavy atom. The van der Waals surface area contributed by atoms with E-state index in [-0.39, 0.29) is 11.8 Å². The van der Waals surface area contributed by atoms with Crippen LogP contribution in [0.3, 0.4) is 0 Å². The molecule has 3 aromatic rings. The second-order valence-electron chi connectivity index (χ2n) is 9.90. The zero-order valence-corrected chi connectivity index (χ0v) is 20.7. The number of hydrogen-bond acceptors (Lipinski definition) is 4. The molecular weight excluding hydrogens is 441 g/mol. The fourth-order valence-corrected chi connectivity index (χ4v) is 6.20. The van der Waals surface area contributed by atoms with Crippen molar-refractivity contribution in [1.82, 2.24) is 9.78 Å². The van der Waals surface area contributed by atoms with Crippen LogP contribution in [0, 0.1) is 30.1 Å². The van der Waals surface area contributed by atoms with Crippen molar-refractivity contribution in [2.24, 2.45) is 18.9 Å². The molecule has 1 heterocycles. The molecule has 0 spiro atoms. The first-order valence-corrected chi connectivity index (χ1v) is 12.4. The van der Waals surface area contributed by atoms with Crippen molar-refractivity contribution in [2.75, 3.05) is 11.1 Å². The molecular formula is C27H30N5OP. The smallest absolute Gasteiger partial charge is 0.261 e. The number of aryl methyl sites for hydroxylation is 2. The Balaban J connectivity index is 1.33. The van der Waals surface area contributed by atoms with E-state index in [1.165, 1.54) is 24.0 Å². The van der Waals surface area contributed by atoms with Gasteiger partial charge in [-0.05, 0) is 73.4 Å². The van der Waals surface area contributed by atoms with Crippen LogP contribution >= 0.6 is 9.24 Å². The van der Waals surface area contributed by atoms with Crippen molar-refractivity contribution in [1.29, 1.82) is 5.26 Å². The van der Waals surface area contributed by atoms with Gasteiger partial charge in [0, 0.05) is 18.7 Å². The maximum atomic E-state index is 13.3. The number of hydrogen-bond donors (Lipinski definition) is 2. The largest absolute Gasteiger partial charge is 0.383 e. The molecule has 0 bridgehead atoms. The number of nitrogens with two attached hydrogens (primary N) is 1. The third kappa shape index (κ3) is 4.10. The van der Waals surface area contributed by atoms with Crippen LogP contribution in [-0.4, -0.2) is 15.7 Å². The summed E-state index contributed by atoms with van der Waals surface area (Å²) in [4.78, 5) is 13.3. The highest BCUT2D eigenvalue weighted by molar-refractivity contribution is 7.27. The molecule has 7 heteroatoms. The molecule has 6 nitrogen and oxygen atoms in total. The predicted octanol–water partition coefficient (Wildman–Crippen LogP) is 4.62. The number of nitrogens with one attached hydrogen (secondary N) is 1. The minimum atomic E-state index is -0.268. The van der Waals surface area contributed by atoms with E-state index in [0.717, 1.165) is 23.8 Å². The Hall–Kier alpha value is -3.16. The van der Waals surface area contributed by atoms with E-state index >= 15 is 0 Å². The zero-order chi connectivity index (χ0) is 24.0. The number of nitrogen functional groups attached to an aromatic ring is 1. The van der Waals surface area contributed by atoms with Gasteiger partial charge in [-0.15, -0.1) is 9.24 Å². The van der Waals surface area contributed by atoms with Gasteiger partial charge in [-0.2, -0.15) is 10.4 Å². The lowest BCUT2D eigenvalue weighted by atomic mass is 9.90. The average Bonchev–Trinajstić information content (AvgIpc) is 3.47. The van der Waals surface area contributed by atoms with Crippen LogP contribution in [0.1, 0.15) is 70.3 Å². The SMILES string of the molecule is Cc1ccc(C2CC3CC(c4nn(C)c(N)c4C(=O)Nc4ccc(P)c(C#N)c4)CC3C2)cc1. The Kier molecular flexibility index (Phi) is 5.91. The molecule has 5 rings (SSSR count). The molecule has 2 fully saturated rings. The number of rotatable bonds is 4. The summed E-state index contributed by atoms with van der Waals surface area (Å²) >= 11 is 0. The van der Waals surface area contributed by atoms with Crippen LogP contribution in [0.15, 0.2) is 42.5 Å². The first-order chi connectivity index (χ1) is 16.3. The van der Waals surface area contributed by atoms with Crippen LogP contribution in [0.25, 0.3) is 0 Å². The summed E-state index contributed by atoms with van der Waals surface area (Å²) in [5.74, 6) is 2.29. The number of benzene rings is 2. The van der Waals surface area contributed by atoms with Gasteiger partial charge >= 0.3 is 0 Å².